The summed E-state index contributed by atoms with van der Waals surface area (Å²) in [4.78, 5) is 14.1. The number of hydrogen-bond donors (Lipinski definition) is 2. The predicted octanol–water partition coefficient (Wildman–Crippen LogP) is 2.35. The number of aryl methyl sites for hydroxylation is 2. The molecule has 2 N–H and O–H groups in total. The number of nitrogens with one attached hydrogen (secondary N) is 1. The minimum absolute atomic E-state index is 0.349. The number of aromatic nitrogens is 1. The topological polar surface area (TPSA) is 53.1 Å². The van der Waals surface area contributed by atoms with Crippen molar-refractivity contribution in [1.29, 1.82) is 0 Å². The second-order valence-corrected chi connectivity index (χ2v) is 4.00. The second kappa shape index (κ2) is 2.86. The average Bonchev–Trinajstić information content (AvgIpc) is 2.75. The molecule has 0 atom stereocenters. The number of rotatable bonds is 1. The zero-order valence-corrected chi connectivity index (χ0v) is 8.21. The van der Waals surface area contributed by atoms with Gasteiger partial charge in [0.15, 0.2) is 0 Å². The van der Waals surface area contributed by atoms with E-state index in [-0.39, 0.29) is 0 Å². The number of hydrogen-bond acceptors (Lipinski definition) is 1. The van der Waals surface area contributed by atoms with E-state index in [2.05, 4.69) is 4.98 Å². The van der Waals surface area contributed by atoms with Crippen LogP contribution in [0.5, 0.6) is 0 Å². The van der Waals surface area contributed by atoms with Crippen LogP contribution in [0.25, 0.3) is 10.9 Å². The van der Waals surface area contributed by atoms with Crippen molar-refractivity contribution in [2.45, 2.75) is 19.3 Å². The highest BCUT2D eigenvalue weighted by Crippen LogP contribution is 2.30. The summed E-state index contributed by atoms with van der Waals surface area (Å²) >= 11 is 0. The molecule has 1 aromatic carbocycles. The highest BCUT2D eigenvalue weighted by molar-refractivity contribution is 5.94. The summed E-state index contributed by atoms with van der Waals surface area (Å²) < 4.78 is 0. The van der Waals surface area contributed by atoms with Gasteiger partial charge in [0.1, 0.15) is 0 Å². The fraction of sp³-hybridized carbons (Fsp3) is 0.250. The van der Waals surface area contributed by atoms with E-state index >= 15 is 0 Å². The molecule has 1 aliphatic rings. The Morgan fingerprint density at radius 2 is 2.20 bits per heavy atom. The van der Waals surface area contributed by atoms with Gasteiger partial charge in [-0.25, -0.2) is 4.79 Å². The number of aromatic carboxylic acids is 1. The monoisotopic (exact) mass is 201 g/mol. The number of carbonyl (C=O) groups is 1. The van der Waals surface area contributed by atoms with E-state index in [4.69, 9.17) is 5.11 Å². The molecule has 1 heterocycles. The molecule has 0 saturated heterocycles. The van der Waals surface area contributed by atoms with Crippen LogP contribution in [0.15, 0.2) is 18.2 Å². The zero-order chi connectivity index (χ0) is 10.4. The van der Waals surface area contributed by atoms with Crippen molar-refractivity contribution in [2.24, 2.45) is 0 Å². The van der Waals surface area contributed by atoms with Crippen molar-refractivity contribution < 1.29 is 9.90 Å². The number of H-pyrrole nitrogens is 1. The van der Waals surface area contributed by atoms with E-state index < -0.39 is 5.97 Å². The van der Waals surface area contributed by atoms with Gasteiger partial charge in [0, 0.05) is 16.6 Å². The number of carboxylic acids is 1. The van der Waals surface area contributed by atoms with Crippen LogP contribution in [0.2, 0.25) is 0 Å². The molecule has 3 heteroatoms. The minimum Gasteiger partial charge on any atom is -0.478 e. The Balaban J connectivity index is 2.26. The molecule has 0 amide bonds. The lowest BCUT2D eigenvalue weighted by Gasteiger charge is -1.96. The van der Waals surface area contributed by atoms with Gasteiger partial charge in [-0.2, -0.15) is 0 Å². The first kappa shape index (κ1) is 8.53. The van der Waals surface area contributed by atoms with Crippen molar-refractivity contribution in [3.05, 3.63) is 35.0 Å². The number of benzene rings is 1. The van der Waals surface area contributed by atoms with Crippen LogP contribution >= 0.6 is 0 Å². The summed E-state index contributed by atoms with van der Waals surface area (Å²) in [5.74, 6) is -0.869. The number of aromatic amines is 1. The molecule has 0 unspecified atom stereocenters. The van der Waals surface area contributed by atoms with E-state index in [1.165, 1.54) is 23.1 Å². The summed E-state index contributed by atoms with van der Waals surface area (Å²) in [6, 6.07) is 5.31. The molecule has 0 saturated carbocycles. The van der Waals surface area contributed by atoms with Gasteiger partial charge in [-0.15, -0.1) is 0 Å². The van der Waals surface area contributed by atoms with Gasteiger partial charge in [-0.1, -0.05) is 6.07 Å². The molecule has 76 valence electrons. The van der Waals surface area contributed by atoms with E-state index in [0.29, 0.717) is 5.56 Å². The van der Waals surface area contributed by atoms with Crippen LogP contribution in [-0.2, 0) is 12.8 Å². The van der Waals surface area contributed by atoms with Crippen LogP contribution in [0.4, 0.5) is 0 Å². The molecular formula is C12H11NO2. The van der Waals surface area contributed by atoms with E-state index in [1.807, 2.05) is 6.07 Å². The number of carboxylic acid groups (broad SMARTS) is 1. The molecular weight excluding hydrogens is 190 g/mol. The Bertz CT molecular complexity index is 554. The van der Waals surface area contributed by atoms with Gasteiger partial charge in [-0.3, -0.25) is 0 Å². The normalized spacial score (nSPS) is 14.4. The quantitative estimate of drug-likeness (QED) is 0.744. The fourth-order valence-corrected chi connectivity index (χ4v) is 2.39. The van der Waals surface area contributed by atoms with Crippen LogP contribution in [0, 0.1) is 0 Å². The van der Waals surface area contributed by atoms with E-state index in [0.717, 1.165) is 18.4 Å². The fourth-order valence-electron chi connectivity index (χ4n) is 2.39. The first-order valence-corrected chi connectivity index (χ1v) is 5.12. The summed E-state index contributed by atoms with van der Waals surface area (Å²) in [6.45, 7) is 0. The van der Waals surface area contributed by atoms with E-state index in [9.17, 15) is 4.79 Å². The third-order valence-corrected chi connectivity index (χ3v) is 3.10. The Hall–Kier alpha value is -1.77. The summed E-state index contributed by atoms with van der Waals surface area (Å²) in [5.41, 5.74) is 3.97. The van der Waals surface area contributed by atoms with Crippen LogP contribution in [-0.4, -0.2) is 16.1 Å². The maximum Gasteiger partial charge on any atom is 0.335 e. The van der Waals surface area contributed by atoms with Crippen LogP contribution in [0.1, 0.15) is 28.0 Å². The second-order valence-electron chi connectivity index (χ2n) is 4.00. The molecule has 0 bridgehead atoms. The Morgan fingerprint density at radius 3 is 3.00 bits per heavy atom. The Morgan fingerprint density at radius 1 is 1.33 bits per heavy atom. The molecule has 3 rings (SSSR count). The predicted molar refractivity (Wildman–Crippen MR) is 57.3 cm³/mol. The molecule has 15 heavy (non-hydrogen) atoms. The van der Waals surface area contributed by atoms with Crippen molar-refractivity contribution >= 4 is 16.9 Å². The lowest BCUT2D eigenvalue weighted by molar-refractivity contribution is 0.0697. The maximum atomic E-state index is 10.8. The van der Waals surface area contributed by atoms with Crippen molar-refractivity contribution in [3.63, 3.8) is 0 Å². The summed E-state index contributed by atoms with van der Waals surface area (Å²) in [6.07, 6.45) is 3.41. The van der Waals surface area contributed by atoms with Crippen molar-refractivity contribution in [1.82, 2.24) is 4.98 Å². The molecule has 3 nitrogen and oxygen atoms in total. The summed E-state index contributed by atoms with van der Waals surface area (Å²) in [7, 11) is 0. The molecule has 1 aliphatic carbocycles. The molecule has 1 aromatic heterocycles. The van der Waals surface area contributed by atoms with Crippen LogP contribution < -0.4 is 0 Å². The first-order valence-electron chi connectivity index (χ1n) is 5.12. The average molecular weight is 201 g/mol. The molecule has 0 fully saturated rings. The molecule has 0 spiro atoms. The molecule has 2 aromatic rings. The van der Waals surface area contributed by atoms with Gasteiger partial charge in [0.25, 0.3) is 0 Å². The molecule has 0 radical (unpaired) electrons. The highest BCUT2D eigenvalue weighted by atomic mass is 16.4. The lowest BCUT2D eigenvalue weighted by atomic mass is 10.1. The van der Waals surface area contributed by atoms with Gasteiger partial charge < -0.3 is 10.1 Å². The smallest absolute Gasteiger partial charge is 0.335 e. The van der Waals surface area contributed by atoms with Gasteiger partial charge in [-0.05, 0) is 37.0 Å². The van der Waals surface area contributed by atoms with Gasteiger partial charge >= 0.3 is 5.97 Å². The zero-order valence-electron chi connectivity index (χ0n) is 8.21. The highest BCUT2D eigenvalue weighted by Gasteiger charge is 2.17. The first-order chi connectivity index (χ1) is 7.25. The maximum absolute atomic E-state index is 10.8. The van der Waals surface area contributed by atoms with Crippen LogP contribution in [0.3, 0.4) is 0 Å². The third-order valence-electron chi connectivity index (χ3n) is 3.10. The van der Waals surface area contributed by atoms with Gasteiger partial charge in [0.05, 0.1) is 5.56 Å². The van der Waals surface area contributed by atoms with Crippen molar-refractivity contribution in [2.75, 3.05) is 0 Å². The Kier molecular flexibility index (Phi) is 1.63. The minimum atomic E-state index is -0.869. The molecule has 0 aliphatic heterocycles. The summed E-state index contributed by atoms with van der Waals surface area (Å²) in [5, 5.41) is 10.1. The standard InChI is InChI=1S/C12H11NO2/c14-12(15)7-4-5-9-8-2-1-3-10(8)13-11(9)6-7/h4-6,13H,1-3H2,(H,14,15). The lowest BCUT2D eigenvalue weighted by Crippen LogP contribution is -1.95. The van der Waals surface area contributed by atoms with Gasteiger partial charge in [0.2, 0.25) is 0 Å². The largest absolute Gasteiger partial charge is 0.478 e. The van der Waals surface area contributed by atoms with E-state index in [1.54, 1.807) is 12.1 Å². The third kappa shape index (κ3) is 1.16. The SMILES string of the molecule is O=C(O)c1ccc2c3c([nH]c2c1)CCC3. The number of fused-ring (bicyclic) bond motifs is 3. The Labute approximate surface area is 86.7 Å². The van der Waals surface area contributed by atoms with Crippen molar-refractivity contribution in [3.8, 4) is 0 Å².